The van der Waals surface area contributed by atoms with Gasteiger partial charge in [-0.15, -0.1) is 0 Å². The molecular weight excluding hydrogens is 246 g/mol. The highest BCUT2D eigenvalue weighted by molar-refractivity contribution is 9.09. The molecule has 0 aromatic carbocycles. The fraction of sp³-hybridized carbons (Fsp3) is 0.111. The van der Waals surface area contributed by atoms with Crippen molar-refractivity contribution in [1.82, 2.24) is 9.61 Å². The minimum atomic E-state index is 0.435. The second-order valence-corrected chi connectivity index (χ2v) is 3.08. The summed E-state index contributed by atoms with van der Waals surface area (Å²) in [6.07, 6.45) is 3.27. The molecule has 0 saturated carbocycles. The molecule has 0 amide bonds. The number of nitrogens with zero attached hydrogens (tertiary/aromatic N) is 3. The zero-order valence-corrected chi connectivity index (χ0v) is 8.73. The molecule has 2 heterocycles. The molecule has 0 aliphatic heterocycles. The van der Waals surface area contributed by atoms with Crippen molar-refractivity contribution in [3.05, 3.63) is 30.1 Å². The summed E-state index contributed by atoms with van der Waals surface area (Å²) in [7, 11) is 0. The normalized spacial score (nSPS) is 10.0. The van der Waals surface area contributed by atoms with Crippen LogP contribution in [0.4, 0.5) is 0 Å². The zero-order chi connectivity index (χ0) is 9.97. The Morgan fingerprint density at radius 3 is 3.14 bits per heavy atom. The lowest BCUT2D eigenvalue weighted by Gasteiger charge is -2.01. The van der Waals surface area contributed by atoms with Crippen LogP contribution in [0.5, 0.6) is 5.75 Å². The molecule has 70 valence electrons. The highest BCUT2D eigenvalue weighted by Gasteiger charge is 2.03. The van der Waals surface area contributed by atoms with Crippen molar-refractivity contribution in [2.45, 2.75) is 0 Å². The molecule has 0 bridgehead atoms. The molecule has 0 fully saturated rings. The van der Waals surface area contributed by atoms with E-state index in [-0.39, 0.29) is 0 Å². The molecule has 4 nitrogen and oxygen atoms in total. The summed E-state index contributed by atoms with van der Waals surface area (Å²) in [6, 6.07) is 5.68. The van der Waals surface area contributed by atoms with Gasteiger partial charge in [-0.2, -0.15) is 10.4 Å². The predicted molar refractivity (Wildman–Crippen MR) is 54.3 cm³/mol. The molecule has 0 unspecified atom stereocenters. The first-order valence-corrected chi connectivity index (χ1v) is 5.03. The number of halogens is 1. The van der Waals surface area contributed by atoms with Crippen LogP contribution in [-0.4, -0.2) is 15.1 Å². The van der Waals surface area contributed by atoms with E-state index >= 15 is 0 Å². The van der Waals surface area contributed by atoms with Gasteiger partial charge < -0.3 is 4.74 Å². The SMILES string of the molecule is N#Cc1cnn2cc(OCBr)ccc12. The molecule has 5 heteroatoms. The number of hydrogen-bond donors (Lipinski definition) is 0. The minimum Gasteiger partial charge on any atom is -0.481 e. The maximum absolute atomic E-state index is 8.76. The summed E-state index contributed by atoms with van der Waals surface area (Å²) in [5.41, 5.74) is 1.79. The molecule has 2 aromatic heterocycles. The summed E-state index contributed by atoms with van der Waals surface area (Å²) in [4.78, 5) is 0. The van der Waals surface area contributed by atoms with Gasteiger partial charge in [0, 0.05) is 0 Å². The van der Waals surface area contributed by atoms with Crippen LogP contribution in [0, 0.1) is 11.3 Å². The summed E-state index contributed by atoms with van der Waals surface area (Å²) in [5, 5.41) is 12.8. The van der Waals surface area contributed by atoms with Gasteiger partial charge in [-0.05, 0) is 28.1 Å². The topological polar surface area (TPSA) is 50.3 Å². The third kappa shape index (κ3) is 1.44. The molecular formula is C9H6BrN3O. The van der Waals surface area contributed by atoms with Crippen molar-refractivity contribution < 1.29 is 4.74 Å². The van der Waals surface area contributed by atoms with Gasteiger partial charge in [0.15, 0.2) is 0 Å². The van der Waals surface area contributed by atoms with Crippen LogP contribution in [-0.2, 0) is 0 Å². The van der Waals surface area contributed by atoms with Crippen LogP contribution in [0.15, 0.2) is 24.5 Å². The average Bonchev–Trinajstić information content (AvgIpc) is 2.60. The second-order valence-electron chi connectivity index (χ2n) is 2.62. The Morgan fingerprint density at radius 2 is 2.43 bits per heavy atom. The number of nitriles is 1. The Hall–Kier alpha value is -1.54. The molecule has 0 aliphatic rings. The largest absolute Gasteiger partial charge is 0.481 e. The van der Waals surface area contributed by atoms with Gasteiger partial charge in [-0.1, -0.05) is 0 Å². The van der Waals surface area contributed by atoms with E-state index < -0.39 is 0 Å². The van der Waals surface area contributed by atoms with Crippen LogP contribution in [0.25, 0.3) is 5.52 Å². The van der Waals surface area contributed by atoms with E-state index in [4.69, 9.17) is 10.00 Å². The first-order chi connectivity index (χ1) is 6.85. The van der Waals surface area contributed by atoms with Crippen molar-refractivity contribution >= 4 is 21.4 Å². The molecule has 0 radical (unpaired) electrons. The summed E-state index contributed by atoms with van der Waals surface area (Å²) in [6.45, 7) is 0. The van der Waals surface area contributed by atoms with Gasteiger partial charge in [0.25, 0.3) is 0 Å². The van der Waals surface area contributed by atoms with Gasteiger partial charge in [-0.25, -0.2) is 4.52 Å². The Kier molecular flexibility index (Phi) is 2.37. The molecule has 0 aliphatic carbocycles. The van der Waals surface area contributed by atoms with Crippen LogP contribution < -0.4 is 4.74 Å². The van der Waals surface area contributed by atoms with Crippen LogP contribution in [0.3, 0.4) is 0 Å². The fourth-order valence-corrected chi connectivity index (χ4v) is 1.46. The van der Waals surface area contributed by atoms with E-state index in [2.05, 4.69) is 27.1 Å². The predicted octanol–water partition coefficient (Wildman–Crippen LogP) is 1.94. The number of aromatic nitrogens is 2. The molecule has 0 N–H and O–H groups in total. The van der Waals surface area contributed by atoms with Crippen molar-refractivity contribution in [3.8, 4) is 11.8 Å². The molecule has 2 aromatic rings. The van der Waals surface area contributed by atoms with E-state index in [1.807, 2.05) is 6.07 Å². The first kappa shape index (κ1) is 9.03. The Bertz CT molecular complexity index is 500. The highest BCUT2D eigenvalue weighted by atomic mass is 79.9. The van der Waals surface area contributed by atoms with Gasteiger partial charge in [0.2, 0.25) is 0 Å². The van der Waals surface area contributed by atoms with E-state index in [0.717, 1.165) is 5.52 Å². The fourth-order valence-electron chi connectivity index (χ4n) is 1.20. The Labute approximate surface area is 88.8 Å². The lowest BCUT2D eigenvalue weighted by Crippen LogP contribution is -1.92. The van der Waals surface area contributed by atoms with Gasteiger partial charge in [0.05, 0.1) is 23.5 Å². The molecule has 2 rings (SSSR count). The Balaban J connectivity index is 2.53. The van der Waals surface area contributed by atoms with E-state index in [0.29, 0.717) is 16.8 Å². The number of hydrogen-bond acceptors (Lipinski definition) is 3. The third-order valence-electron chi connectivity index (χ3n) is 1.83. The maximum Gasteiger partial charge on any atom is 0.143 e. The second kappa shape index (κ2) is 3.68. The lowest BCUT2D eigenvalue weighted by atomic mass is 10.3. The van der Waals surface area contributed by atoms with E-state index in [9.17, 15) is 0 Å². The monoisotopic (exact) mass is 251 g/mol. The smallest absolute Gasteiger partial charge is 0.143 e. The summed E-state index contributed by atoms with van der Waals surface area (Å²) in [5.74, 6) is 0.710. The number of ether oxygens (including phenoxy) is 1. The molecule has 0 atom stereocenters. The maximum atomic E-state index is 8.76. The number of alkyl halides is 1. The van der Waals surface area contributed by atoms with Gasteiger partial charge in [0.1, 0.15) is 17.3 Å². The van der Waals surface area contributed by atoms with Crippen molar-refractivity contribution in [2.75, 3.05) is 5.52 Å². The minimum absolute atomic E-state index is 0.435. The van der Waals surface area contributed by atoms with Crippen molar-refractivity contribution in [1.29, 1.82) is 5.26 Å². The van der Waals surface area contributed by atoms with Crippen LogP contribution in [0.1, 0.15) is 5.56 Å². The molecule has 14 heavy (non-hydrogen) atoms. The van der Waals surface area contributed by atoms with Crippen LogP contribution >= 0.6 is 15.9 Å². The van der Waals surface area contributed by atoms with Crippen molar-refractivity contribution in [2.24, 2.45) is 0 Å². The number of fused-ring (bicyclic) bond motifs is 1. The highest BCUT2D eigenvalue weighted by Crippen LogP contribution is 2.15. The standard InChI is InChI=1S/C9H6BrN3O/c10-6-14-8-1-2-9-7(3-11)4-12-13(9)5-8/h1-2,4-5H,6H2. The van der Waals surface area contributed by atoms with Crippen molar-refractivity contribution in [3.63, 3.8) is 0 Å². The lowest BCUT2D eigenvalue weighted by molar-refractivity contribution is 0.395. The Morgan fingerprint density at radius 1 is 1.57 bits per heavy atom. The molecule has 0 spiro atoms. The summed E-state index contributed by atoms with van der Waals surface area (Å²) >= 11 is 3.16. The van der Waals surface area contributed by atoms with E-state index in [1.54, 1.807) is 16.8 Å². The quantitative estimate of drug-likeness (QED) is 0.767. The zero-order valence-electron chi connectivity index (χ0n) is 7.14. The van der Waals surface area contributed by atoms with E-state index in [1.165, 1.54) is 6.20 Å². The third-order valence-corrected chi connectivity index (χ3v) is 2.06. The number of pyridine rings is 1. The summed E-state index contributed by atoms with van der Waals surface area (Å²) < 4.78 is 6.85. The average molecular weight is 252 g/mol. The van der Waals surface area contributed by atoms with Gasteiger partial charge in [-0.3, -0.25) is 0 Å². The number of rotatable bonds is 2. The van der Waals surface area contributed by atoms with Crippen LogP contribution in [0.2, 0.25) is 0 Å². The molecule has 0 saturated heterocycles. The first-order valence-electron chi connectivity index (χ1n) is 3.91. The van der Waals surface area contributed by atoms with Gasteiger partial charge >= 0.3 is 0 Å².